The molecule has 0 aromatic heterocycles. The van der Waals surface area contributed by atoms with Crippen LogP contribution in [0.4, 0.5) is 0 Å². The van der Waals surface area contributed by atoms with E-state index in [1.165, 1.54) is 21.5 Å². The molecule has 150 valence electrons. The third-order valence-electron chi connectivity index (χ3n) is 6.33. The Labute approximate surface area is 192 Å². The fourth-order valence-corrected chi connectivity index (χ4v) is 15.2. The molecule has 0 spiro atoms. The van der Waals surface area contributed by atoms with Gasteiger partial charge in [0, 0.05) is 0 Å². The quantitative estimate of drug-likeness (QED) is 0.171. The van der Waals surface area contributed by atoms with Crippen LogP contribution >= 0.6 is 26.4 Å². The van der Waals surface area contributed by atoms with Gasteiger partial charge < -0.3 is 0 Å². The Hall–Kier alpha value is -2.00. The van der Waals surface area contributed by atoms with Crippen molar-refractivity contribution in [3.63, 3.8) is 0 Å². The van der Waals surface area contributed by atoms with Crippen molar-refractivity contribution in [3.8, 4) is 0 Å². The van der Waals surface area contributed by atoms with E-state index in [1.54, 1.807) is 0 Å². The predicted octanol–water partition coefficient (Wildman–Crippen LogP) is 6.23. The summed E-state index contributed by atoms with van der Waals surface area (Å²) in [5, 5.41) is 4.23. The number of benzene rings is 4. The first-order valence-electron chi connectivity index (χ1n) is 10.4. The summed E-state index contributed by atoms with van der Waals surface area (Å²) in [4.78, 5) is 0. The van der Waals surface area contributed by atoms with E-state index in [0.717, 1.165) is 0 Å². The Bertz CT molecular complexity index is 1030. The van der Waals surface area contributed by atoms with Crippen molar-refractivity contribution >= 4 is 42.4 Å². The van der Waals surface area contributed by atoms with E-state index in [1.807, 2.05) is 0 Å². The van der Waals surface area contributed by atoms with Gasteiger partial charge in [0.15, 0.2) is 0 Å². The minimum absolute atomic E-state index is 0.404. The van der Waals surface area contributed by atoms with Crippen molar-refractivity contribution in [2.75, 3.05) is 0 Å². The first-order chi connectivity index (χ1) is 14.7. The maximum absolute atomic E-state index is 2.92. The molecule has 30 heavy (non-hydrogen) atoms. The van der Waals surface area contributed by atoms with Crippen molar-refractivity contribution in [2.45, 2.75) is 19.0 Å². The molecule has 1 aliphatic rings. The summed E-state index contributed by atoms with van der Waals surface area (Å²) in [7, 11) is 0. The molecular formula is C27H25INP. The summed E-state index contributed by atoms with van der Waals surface area (Å²) in [5.41, 5.74) is 1.40. The first-order valence-corrected chi connectivity index (χ1v) is 15.4. The SMILES string of the molecule is C[C@H]1[C@@H](c2ccccc2)N1P(I)(c1ccccc1)(c1ccccc1)c1ccccc1. The third-order valence-corrected chi connectivity index (χ3v) is 18.0. The second kappa shape index (κ2) is 7.60. The summed E-state index contributed by atoms with van der Waals surface area (Å²) in [6.45, 7) is 2.38. The summed E-state index contributed by atoms with van der Waals surface area (Å²) in [6.07, 6.45) is 0. The monoisotopic (exact) mass is 521 g/mol. The molecule has 0 aliphatic carbocycles. The molecule has 1 unspecified atom stereocenters. The van der Waals surface area contributed by atoms with E-state index in [0.29, 0.717) is 12.1 Å². The van der Waals surface area contributed by atoms with Crippen LogP contribution in [0.15, 0.2) is 121 Å². The third kappa shape index (κ3) is 2.81. The van der Waals surface area contributed by atoms with E-state index < -0.39 is 4.40 Å². The first kappa shape index (κ1) is 19.9. The number of hydrogen-bond donors (Lipinski definition) is 0. The van der Waals surface area contributed by atoms with Crippen molar-refractivity contribution in [1.82, 2.24) is 4.67 Å². The van der Waals surface area contributed by atoms with Crippen LogP contribution in [0.5, 0.6) is 0 Å². The van der Waals surface area contributed by atoms with Gasteiger partial charge in [0.1, 0.15) is 0 Å². The molecule has 5 rings (SSSR count). The topological polar surface area (TPSA) is 3.01 Å². The fraction of sp³-hybridized carbons (Fsp3) is 0.111. The van der Waals surface area contributed by atoms with Crippen molar-refractivity contribution in [1.29, 1.82) is 0 Å². The van der Waals surface area contributed by atoms with E-state index in [9.17, 15) is 0 Å². The van der Waals surface area contributed by atoms with Gasteiger partial charge in [-0.05, 0) is 0 Å². The number of rotatable bonds is 5. The van der Waals surface area contributed by atoms with Gasteiger partial charge in [-0.3, -0.25) is 0 Å². The van der Waals surface area contributed by atoms with Gasteiger partial charge in [-0.2, -0.15) is 0 Å². The summed E-state index contributed by atoms with van der Waals surface area (Å²) < 4.78 is -0.111. The zero-order chi connectivity index (χ0) is 20.6. The molecule has 1 nitrogen and oxygen atoms in total. The number of nitrogens with zero attached hydrogens (tertiary/aromatic N) is 1. The zero-order valence-electron chi connectivity index (χ0n) is 17.0. The van der Waals surface area contributed by atoms with Crippen LogP contribution in [0.25, 0.3) is 0 Å². The van der Waals surface area contributed by atoms with Crippen LogP contribution in [-0.4, -0.2) is 10.7 Å². The molecule has 3 heteroatoms. The second-order valence-corrected chi connectivity index (χ2v) is 17.5. The van der Waals surface area contributed by atoms with Crippen LogP contribution in [0.2, 0.25) is 0 Å². The van der Waals surface area contributed by atoms with Crippen LogP contribution in [-0.2, 0) is 0 Å². The zero-order valence-corrected chi connectivity index (χ0v) is 20.0. The second-order valence-electron chi connectivity index (χ2n) is 7.95. The van der Waals surface area contributed by atoms with Crippen molar-refractivity contribution in [3.05, 3.63) is 127 Å². The number of halogens is 1. The van der Waals surface area contributed by atoms with Crippen molar-refractivity contribution in [2.24, 2.45) is 0 Å². The molecule has 0 radical (unpaired) electrons. The van der Waals surface area contributed by atoms with Gasteiger partial charge in [0.25, 0.3) is 0 Å². The number of hydrogen-bond acceptors (Lipinski definition) is 1. The molecule has 0 amide bonds. The normalized spacial score (nSPS) is 22.1. The van der Waals surface area contributed by atoms with E-state index in [2.05, 4.69) is 155 Å². The Morgan fingerprint density at radius 2 is 0.900 bits per heavy atom. The van der Waals surface area contributed by atoms with Gasteiger partial charge >= 0.3 is 193 Å². The molecular weight excluding hydrogens is 496 g/mol. The Balaban J connectivity index is 1.85. The standard InChI is InChI=1S/C27H25INP/c1-22-27(23-14-6-2-7-15-23)29(22)30(28,24-16-8-3-9-17-24,25-18-10-4-11-19-25)26-20-12-5-13-21-26/h2-22,27H,1H3/t22-,27-,29?/m0/s1. The average molecular weight is 521 g/mol. The predicted molar refractivity (Wildman–Crippen MR) is 140 cm³/mol. The van der Waals surface area contributed by atoms with Crippen LogP contribution in [0, 0.1) is 0 Å². The van der Waals surface area contributed by atoms with Gasteiger partial charge in [-0.25, -0.2) is 0 Å². The Kier molecular flexibility index (Phi) is 5.05. The Morgan fingerprint density at radius 1 is 0.567 bits per heavy atom. The summed E-state index contributed by atoms with van der Waals surface area (Å²) >= 11 is 2.87. The molecule has 1 aliphatic heterocycles. The van der Waals surface area contributed by atoms with Crippen LogP contribution in [0.1, 0.15) is 18.5 Å². The van der Waals surface area contributed by atoms with Crippen molar-refractivity contribution < 1.29 is 0 Å². The van der Waals surface area contributed by atoms with Gasteiger partial charge in [0.2, 0.25) is 0 Å². The molecule has 4 aromatic carbocycles. The molecule has 4 aromatic rings. The summed E-state index contributed by atoms with van der Waals surface area (Å²) in [6, 6.07) is 45.3. The van der Waals surface area contributed by atoms with Gasteiger partial charge in [-0.1, -0.05) is 0 Å². The van der Waals surface area contributed by atoms with Gasteiger partial charge in [0.05, 0.1) is 0 Å². The van der Waals surface area contributed by atoms with Crippen LogP contribution < -0.4 is 15.9 Å². The molecule has 0 N–H and O–H groups in total. The fourth-order valence-electron chi connectivity index (χ4n) is 4.94. The van der Waals surface area contributed by atoms with Crippen LogP contribution in [0.3, 0.4) is 0 Å². The molecule has 1 heterocycles. The van der Waals surface area contributed by atoms with E-state index >= 15 is 0 Å². The Morgan fingerprint density at radius 3 is 1.27 bits per heavy atom. The molecule has 0 saturated carbocycles. The molecule has 1 fully saturated rings. The summed E-state index contributed by atoms with van der Waals surface area (Å²) in [5.74, 6) is 0. The maximum atomic E-state index is 2.87. The van der Waals surface area contributed by atoms with E-state index in [4.69, 9.17) is 0 Å². The minimum atomic E-state index is -2.92. The van der Waals surface area contributed by atoms with E-state index in [-0.39, 0.29) is 0 Å². The average Bonchev–Trinajstić information content (AvgIpc) is 3.53. The van der Waals surface area contributed by atoms with Gasteiger partial charge in [-0.15, -0.1) is 0 Å². The molecule has 0 bridgehead atoms. The molecule has 1 saturated heterocycles. The molecule has 3 atom stereocenters.